The minimum Gasteiger partial charge on any atom is -0.481 e. The number of hydrogen-bond donors (Lipinski definition) is 1. The number of hydrogen-bond acceptors (Lipinski definition) is 2. The van der Waals surface area contributed by atoms with Crippen LogP contribution in [0.1, 0.15) is 24.0 Å². The van der Waals surface area contributed by atoms with Crippen LogP contribution < -0.4 is 0 Å². The van der Waals surface area contributed by atoms with Crippen molar-refractivity contribution in [1.29, 1.82) is 0 Å². The second kappa shape index (κ2) is 7.07. The van der Waals surface area contributed by atoms with Gasteiger partial charge in [-0.15, -0.1) is 0 Å². The third-order valence-electron chi connectivity index (χ3n) is 2.80. The summed E-state index contributed by atoms with van der Waals surface area (Å²) in [7, 11) is 2.04. The Bertz CT molecular complexity index is 363. The van der Waals surface area contributed by atoms with E-state index in [0.717, 1.165) is 25.9 Å². The number of likely N-dealkylation sites (N-methyl/N-ethyl adjacent to an activating group) is 1. The molecule has 1 N–H and O–H groups in total. The van der Waals surface area contributed by atoms with Gasteiger partial charge in [0.05, 0.1) is 0 Å². The summed E-state index contributed by atoms with van der Waals surface area (Å²) in [5, 5.41) is 8.55. The van der Waals surface area contributed by atoms with Crippen LogP contribution in [0, 0.1) is 6.92 Å². The summed E-state index contributed by atoms with van der Waals surface area (Å²) in [4.78, 5) is 12.6. The summed E-state index contributed by atoms with van der Waals surface area (Å²) in [6.07, 6.45) is 2.00. The Labute approximate surface area is 103 Å². The second-order valence-electron chi connectivity index (χ2n) is 4.54. The third-order valence-corrected chi connectivity index (χ3v) is 2.80. The quantitative estimate of drug-likeness (QED) is 0.788. The molecule has 1 aromatic carbocycles. The number of benzene rings is 1. The van der Waals surface area contributed by atoms with E-state index in [0.29, 0.717) is 0 Å². The molecule has 0 spiro atoms. The average molecular weight is 235 g/mol. The van der Waals surface area contributed by atoms with E-state index < -0.39 is 5.97 Å². The first kappa shape index (κ1) is 13.7. The Morgan fingerprint density at radius 3 is 2.76 bits per heavy atom. The van der Waals surface area contributed by atoms with Gasteiger partial charge in [-0.3, -0.25) is 4.79 Å². The molecule has 0 aromatic heterocycles. The van der Waals surface area contributed by atoms with Gasteiger partial charge in [0.2, 0.25) is 0 Å². The van der Waals surface area contributed by atoms with Gasteiger partial charge in [0, 0.05) is 13.0 Å². The first-order valence-electron chi connectivity index (χ1n) is 6.04. The molecular formula is C14H21NO2. The molecule has 0 saturated heterocycles. The normalized spacial score (nSPS) is 10.8. The van der Waals surface area contributed by atoms with Crippen molar-refractivity contribution in [2.24, 2.45) is 0 Å². The molecule has 0 heterocycles. The number of carboxylic acid groups (broad SMARTS) is 1. The molecule has 0 fully saturated rings. The Morgan fingerprint density at radius 2 is 2.12 bits per heavy atom. The molecule has 0 saturated carbocycles. The Morgan fingerprint density at radius 1 is 1.35 bits per heavy atom. The first-order chi connectivity index (χ1) is 8.08. The van der Waals surface area contributed by atoms with Gasteiger partial charge in [0.1, 0.15) is 0 Å². The summed E-state index contributed by atoms with van der Waals surface area (Å²) in [5.74, 6) is -0.711. The molecule has 0 aliphatic heterocycles. The van der Waals surface area contributed by atoms with Gasteiger partial charge in [0.25, 0.3) is 0 Å². The molecule has 0 aliphatic rings. The highest BCUT2D eigenvalue weighted by Gasteiger charge is 2.02. The maximum Gasteiger partial charge on any atom is 0.303 e. The van der Waals surface area contributed by atoms with E-state index in [-0.39, 0.29) is 6.42 Å². The summed E-state index contributed by atoms with van der Waals surface area (Å²) in [5.41, 5.74) is 2.63. The van der Waals surface area contributed by atoms with Crippen LogP contribution in [0.2, 0.25) is 0 Å². The fourth-order valence-corrected chi connectivity index (χ4v) is 1.80. The number of nitrogens with zero attached hydrogens (tertiary/aromatic N) is 1. The highest BCUT2D eigenvalue weighted by atomic mass is 16.4. The number of rotatable bonds is 7. The van der Waals surface area contributed by atoms with Gasteiger partial charge in [-0.05, 0) is 38.9 Å². The van der Waals surface area contributed by atoms with Crippen LogP contribution in [0.5, 0.6) is 0 Å². The van der Waals surface area contributed by atoms with Crippen molar-refractivity contribution in [1.82, 2.24) is 4.90 Å². The van der Waals surface area contributed by atoms with E-state index in [9.17, 15) is 4.79 Å². The summed E-state index contributed by atoms with van der Waals surface area (Å²) in [6, 6.07) is 8.51. The lowest BCUT2D eigenvalue weighted by Crippen LogP contribution is -2.23. The van der Waals surface area contributed by atoms with Gasteiger partial charge in [-0.1, -0.05) is 29.8 Å². The monoisotopic (exact) mass is 235 g/mol. The average Bonchev–Trinajstić information content (AvgIpc) is 2.26. The minimum atomic E-state index is -0.711. The van der Waals surface area contributed by atoms with Gasteiger partial charge < -0.3 is 10.0 Å². The maximum absolute atomic E-state index is 10.4. The molecule has 1 aromatic rings. The van der Waals surface area contributed by atoms with Gasteiger partial charge in [-0.2, -0.15) is 0 Å². The highest BCUT2D eigenvalue weighted by molar-refractivity contribution is 5.66. The van der Waals surface area contributed by atoms with Crippen molar-refractivity contribution in [3.8, 4) is 0 Å². The molecule has 0 bridgehead atoms. The minimum absolute atomic E-state index is 0.259. The van der Waals surface area contributed by atoms with E-state index in [1.54, 1.807) is 0 Å². The lowest BCUT2D eigenvalue weighted by Gasteiger charge is -2.15. The van der Waals surface area contributed by atoms with Crippen molar-refractivity contribution >= 4 is 5.97 Å². The van der Waals surface area contributed by atoms with Crippen LogP contribution in [-0.2, 0) is 11.2 Å². The van der Waals surface area contributed by atoms with Crippen molar-refractivity contribution in [3.05, 3.63) is 35.4 Å². The fourth-order valence-electron chi connectivity index (χ4n) is 1.80. The molecule has 94 valence electrons. The van der Waals surface area contributed by atoms with Crippen molar-refractivity contribution in [2.45, 2.75) is 26.2 Å². The van der Waals surface area contributed by atoms with Crippen LogP contribution in [0.25, 0.3) is 0 Å². The zero-order valence-electron chi connectivity index (χ0n) is 10.6. The molecule has 0 atom stereocenters. The molecule has 0 amide bonds. The molecular weight excluding hydrogens is 214 g/mol. The summed E-state index contributed by atoms with van der Waals surface area (Å²) >= 11 is 0. The van der Waals surface area contributed by atoms with Gasteiger partial charge in [-0.25, -0.2) is 0 Å². The molecule has 1 rings (SSSR count). The number of aryl methyl sites for hydroxylation is 1. The summed E-state index contributed by atoms with van der Waals surface area (Å²) < 4.78 is 0. The van der Waals surface area contributed by atoms with E-state index in [1.807, 2.05) is 7.05 Å². The predicted octanol–water partition coefficient (Wildman–Crippen LogP) is 2.33. The van der Waals surface area contributed by atoms with Gasteiger partial charge >= 0.3 is 5.97 Å². The van der Waals surface area contributed by atoms with E-state index in [1.165, 1.54) is 11.1 Å². The van der Waals surface area contributed by atoms with Crippen LogP contribution in [-0.4, -0.2) is 36.1 Å². The van der Waals surface area contributed by atoms with Crippen molar-refractivity contribution in [3.63, 3.8) is 0 Å². The van der Waals surface area contributed by atoms with Gasteiger partial charge in [0.15, 0.2) is 0 Å². The zero-order valence-corrected chi connectivity index (χ0v) is 10.6. The molecule has 3 nitrogen and oxygen atoms in total. The van der Waals surface area contributed by atoms with Crippen LogP contribution >= 0.6 is 0 Å². The van der Waals surface area contributed by atoms with Crippen LogP contribution in [0.4, 0.5) is 0 Å². The molecule has 0 radical (unpaired) electrons. The number of carbonyl (C=O) groups is 1. The SMILES string of the molecule is Cc1cccc(CCN(C)CCCC(=O)O)c1. The predicted molar refractivity (Wildman–Crippen MR) is 69.2 cm³/mol. The van der Waals surface area contributed by atoms with Crippen LogP contribution in [0.3, 0.4) is 0 Å². The van der Waals surface area contributed by atoms with Crippen molar-refractivity contribution in [2.75, 3.05) is 20.1 Å². The first-order valence-corrected chi connectivity index (χ1v) is 6.04. The number of carboxylic acids is 1. The largest absolute Gasteiger partial charge is 0.481 e. The Kier molecular flexibility index (Phi) is 5.70. The van der Waals surface area contributed by atoms with E-state index >= 15 is 0 Å². The molecule has 3 heteroatoms. The van der Waals surface area contributed by atoms with E-state index in [2.05, 4.69) is 36.1 Å². The van der Waals surface area contributed by atoms with Crippen molar-refractivity contribution < 1.29 is 9.90 Å². The third kappa shape index (κ3) is 6.07. The second-order valence-corrected chi connectivity index (χ2v) is 4.54. The van der Waals surface area contributed by atoms with Crippen LogP contribution in [0.15, 0.2) is 24.3 Å². The Hall–Kier alpha value is -1.35. The molecule has 0 aliphatic carbocycles. The number of aliphatic carboxylic acids is 1. The standard InChI is InChI=1S/C14H21NO2/c1-12-5-3-6-13(11-12)8-10-15(2)9-4-7-14(16)17/h3,5-6,11H,4,7-10H2,1-2H3,(H,16,17). The maximum atomic E-state index is 10.4. The smallest absolute Gasteiger partial charge is 0.303 e. The highest BCUT2D eigenvalue weighted by Crippen LogP contribution is 2.05. The fraction of sp³-hybridized carbons (Fsp3) is 0.500. The lowest BCUT2D eigenvalue weighted by atomic mass is 10.1. The zero-order chi connectivity index (χ0) is 12.7. The summed E-state index contributed by atoms with van der Waals surface area (Å²) in [6.45, 7) is 3.92. The topological polar surface area (TPSA) is 40.5 Å². The lowest BCUT2D eigenvalue weighted by molar-refractivity contribution is -0.137. The van der Waals surface area contributed by atoms with E-state index in [4.69, 9.17) is 5.11 Å². The molecule has 17 heavy (non-hydrogen) atoms. The molecule has 0 unspecified atom stereocenters. The Balaban J connectivity index is 2.23.